The lowest BCUT2D eigenvalue weighted by Gasteiger charge is -2.12. The van der Waals surface area contributed by atoms with Crippen LogP contribution in [0, 0.1) is 12.7 Å². The molecule has 0 aliphatic rings. The van der Waals surface area contributed by atoms with Crippen molar-refractivity contribution >= 4 is 29.1 Å². The van der Waals surface area contributed by atoms with E-state index in [2.05, 4.69) is 20.6 Å². The minimum atomic E-state index is -0.419. The van der Waals surface area contributed by atoms with Crippen molar-refractivity contribution < 1.29 is 13.9 Å². The lowest BCUT2D eigenvalue weighted by Crippen LogP contribution is -2.09. The van der Waals surface area contributed by atoms with Crippen molar-refractivity contribution in [3.05, 3.63) is 71.7 Å². The number of nitrogens with zero attached hydrogens (tertiary/aromatic N) is 2. The van der Waals surface area contributed by atoms with Crippen LogP contribution in [0.4, 0.5) is 27.5 Å². The van der Waals surface area contributed by atoms with E-state index < -0.39 is 5.97 Å². The molecule has 0 bridgehead atoms. The van der Waals surface area contributed by atoms with Crippen molar-refractivity contribution in [2.24, 2.45) is 0 Å². The summed E-state index contributed by atoms with van der Waals surface area (Å²) in [4.78, 5) is 20.9. The van der Waals surface area contributed by atoms with Gasteiger partial charge in [-0.15, -0.1) is 0 Å². The first-order valence-corrected chi connectivity index (χ1v) is 8.46. The Balaban J connectivity index is 1.85. The molecule has 2 aromatic carbocycles. The maximum atomic E-state index is 13.1. The number of halogens is 1. The number of nitrogens with one attached hydrogen (secondary N) is 2. The van der Waals surface area contributed by atoms with Crippen LogP contribution in [0.15, 0.2) is 54.6 Å². The van der Waals surface area contributed by atoms with Crippen molar-refractivity contribution in [3.63, 3.8) is 0 Å². The van der Waals surface area contributed by atoms with Crippen LogP contribution in [0.1, 0.15) is 23.0 Å². The first kappa shape index (κ1) is 18.3. The van der Waals surface area contributed by atoms with Gasteiger partial charge in [-0.2, -0.15) is 4.98 Å². The summed E-state index contributed by atoms with van der Waals surface area (Å²) in [7, 11) is 0. The van der Waals surface area contributed by atoms with Crippen molar-refractivity contribution in [1.82, 2.24) is 9.97 Å². The summed E-state index contributed by atoms with van der Waals surface area (Å²) >= 11 is 0. The van der Waals surface area contributed by atoms with Gasteiger partial charge in [-0.3, -0.25) is 0 Å². The quantitative estimate of drug-likeness (QED) is 0.622. The Morgan fingerprint density at radius 2 is 1.81 bits per heavy atom. The van der Waals surface area contributed by atoms with E-state index >= 15 is 0 Å². The Morgan fingerprint density at radius 1 is 1.07 bits per heavy atom. The molecule has 6 nitrogen and oxygen atoms in total. The van der Waals surface area contributed by atoms with E-state index in [1.165, 1.54) is 12.1 Å². The Labute approximate surface area is 156 Å². The normalized spacial score (nSPS) is 10.3. The molecule has 0 atom stereocenters. The molecule has 0 saturated carbocycles. The van der Waals surface area contributed by atoms with Crippen molar-refractivity contribution in [3.8, 4) is 0 Å². The minimum Gasteiger partial charge on any atom is -0.462 e. The summed E-state index contributed by atoms with van der Waals surface area (Å²) in [5, 5.41) is 6.17. The lowest BCUT2D eigenvalue weighted by molar-refractivity contribution is 0.0527. The second-order valence-corrected chi connectivity index (χ2v) is 5.74. The summed E-state index contributed by atoms with van der Waals surface area (Å²) in [5.41, 5.74) is 2.38. The monoisotopic (exact) mass is 366 g/mol. The first-order valence-electron chi connectivity index (χ1n) is 8.46. The number of hydrogen-bond acceptors (Lipinski definition) is 6. The smallest absolute Gasteiger partial charge is 0.340 e. The molecule has 1 heterocycles. The predicted octanol–water partition coefficient (Wildman–Crippen LogP) is 4.59. The molecule has 0 aliphatic heterocycles. The summed E-state index contributed by atoms with van der Waals surface area (Å²) in [5.74, 6) is 0.150. The Bertz CT molecular complexity index is 945. The minimum absolute atomic E-state index is 0.292. The molecule has 2 N–H and O–H groups in total. The molecular weight excluding hydrogens is 347 g/mol. The molecule has 7 heteroatoms. The van der Waals surface area contributed by atoms with Crippen LogP contribution in [0.3, 0.4) is 0 Å². The fourth-order valence-electron chi connectivity index (χ4n) is 2.47. The number of aromatic nitrogens is 2. The number of rotatable bonds is 6. The topological polar surface area (TPSA) is 76.1 Å². The van der Waals surface area contributed by atoms with Gasteiger partial charge >= 0.3 is 5.97 Å². The van der Waals surface area contributed by atoms with Crippen molar-refractivity contribution in [2.45, 2.75) is 13.8 Å². The maximum Gasteiger partial charge on any atom is 0.340 e. The summed E-state index contributed by atoms with van der Waals surface area (Å²) in [6.45, 7) is 3.88. The molecule has 0 spiro atoms. The Kier molecular flexibility index (Phi) is 5.61. The third kappa shape index (κ3) is 4.78. The van der Waals surface area contributed by atoms with Crippen LogP contribution < -0.4 is 10.6 Å². The van der Waals surface area contributed by atoms with Crippen LogP contribution in [-0.4, -0.2) is 22.5 Å². The zero-order chi connectivity index (χ0) is 19.2. The molecule has 0 radical (unpaired) electrons. The van der Waals surface area contributed by atoms with Crippen LogP contribution in [-0.2, 0) is 4.74 Å². The second-order valence-electron chi connectivity index (χ2n) is 5.74. The molecule has 27 heavy (non-hydrogen) atoms. The number of ether oxygens (including phenoxy) is 1. The van der Waals surface area contributed by atoms with E-state index in [0.29, 0.717) is 35.3 Å². The van der Waals surface area contributed by atoms with E-state index in [1.54, 1.807) is 49.4 Å². The van der Waals surface area contributed by atoms with Gasteiger partial charge < -0.3 is 15.4 Å². The van der Waals surface area contributed by atoms with Gasteiger partial charge in [-0.1, -0.05) is 12.1 Å². The lowest BCUT2D eigenvalue weighted by atomic mass is 10.2. The molecule has 0 unspecified atom stereocenters. The molecule has 0 saturated heterocycles. The average molecular weight is 366 g/mol. The number of para-hydroxylation sites is 1. The van der Waals surface area contributed by atoms with Crippen LogP contribution in [0.2, 0.25) is 0 Å². The number of carbonyl (C=O) groups is 1. The van der Waals surface area contributed by atoms with Gasteiger partial charge in [0.15, 0.2) is 0 Å². The van der Waals surface area contributed by atoms with Gasteiger partial charge in [0.05, 0.1) is 17.9 Å². The largest absolute Gasteiger partial charge is 0.462 e. The van der Waals surface area contributed by atoms with E-state index in [-0.39, 0.29) is 5.82 Å². The number of hydrogen-bond donors (Lipinski definition) is 2. The highest BCUT2D eigenvalue weighted by Gasteiger charge is 2.13. The third-order valence-electron chi connectivity index (χ3n) is 3.64. The van der Waals surface area contributed by atoms with Gasteiger partial charge in [0.1, 0.15) is 11.6 Å². The highest BCUT2D eigenvalue weighted by molar-refractivity contribution is 5.96. The molecular formula is C20H19FN4O2. The molecule has 3 rings (SSSR count). The molecule has 0 fully saturated rings. The number of anilines is 4. The predicted molar refractivity (Wildman–Crippen MR) is 102 cm³/mol. The fourth-order valence-corrected chi connectivity index (χ4v) is 2.47. The summed E-state index contributed by atoms with van der Waals surface area (Å²) in [6.07, 6.45) is 0. The molecule has 1 aromatic heterocycles. The summed E-state index contributed by atoms with van der Waals surface area (Å²) in [6, 6.07) is 14.7. The molecule has 3 aromatic rings. The van der Waals surface area contributed by atoms with Gasteiger partial charge in [0.25, 0.3) is 0 Å². The van der Waals surface area contributed by atoms with Gasteiger partial charge in [-0.05, 0) is 50.2 Å². The third-order valence-corrected chi connectivity index (χ3v) is 3.64. The van der Waals surface area contributed by atoms with E-state index in [9.17, 15) is 9.18 Å². The fraction of sp³-hybridized carbons (Fsp3) is 0.150. The number of carbonyl (C=O) groups excluding carboxylic acids is 1. The molecule has 0 amide bonds. The highest BCUT2D eigenvalue weighted by Crippen LogP contribution is 2.22. The van der Waals surface area contributed by atoms with E-state index in [1.807, 2.05) is 6.92 Å². The zero-order valence-corrected chi connectivity index (χ0v) is 15.0. The standard InChI is InChI=1S/C20H19FN4O2/c1-3-27-19(26)16-6-4-5-7-17(16)24-20-22-13(2)12-18(25-20)23-15-10-8-14(21)9-11-15/h4-12H,3H2,1-2H3,(H2,22,23,24,25). The number of benzene rings is 2. The second kappa shape index (κ2) is 8.27. The number of aryl methyl sites for hydroxylation is 1. The highest BCUT2D eigenvalue weighted by atomic mass is 19.1. The maximum absolute atomic E-state index is 13.1. The van der Waals surface area contributed by atoms with Crippen molar-refractivity contribution in [2.75, 3.05) is 17.2 Å². The van der Waals surface area contributed by atoms with Gasteiger partial charge in [0.2, 0.25) is 5.95 Å². The molecule has 0 aliphatic carbocycles. The van der Waals surface area contributed by atoms with Crippen molar-refractivity contribution in [1.29, 1.82) is 0 Å². The average Bonchev–Trinajstić information content (AvgIpc) is 2.64. The van der Waals surface area contributed by atoms with Crippen LogP contribution in [0.5, 0.6) is 0 Å². The van der Waals surface area contributed by atoms with Crippen LogP contribution in [0.25, 0.3) is 0 Å². The van der Waals surface area contributed by atoms with E-state index in [4.69, 9.17) is 4.74 Å². The Hall–Kier alpha value is -3.48. The SMILES string of the molecule is CCOC(=O)c1ccccc1Nc1nc(C)cc(Nc2ccc(F)cc2)n1. The van der Waals surface area contributed by atoms with Gasteiger partial charge in [0, 0.05) is 17.4 Å². The number of esters is 1. The Morgan fingerprint density at radius 3 is 2.56 bits per heavy atom. The first-order chi connectivity index (χ1) is 13.0. The molecule has 138 valence electrons. The van der Waals surface area contributed by atoms with Gasteiger partial charge in [-0.25, -0.2) is 14.2 Å². The zero-order valence-electron chi connectivity index (χ0n) is 15.0. The van der Waals surface area contributed by atoms with E-state index in [0.717, 1.165) is 5.69 Å². The van der Waals surface area contributed by atoms with Crippen LogP contribution >= 0.6 is 0 Å². The summed E-state index contributed by atoms with van der Waals surface area (Å²) < 4.78 is 18.1.